The number of hydrogen-bond acceptors (Lipinski definition) is 5. The van der Waals surface area contributed by atoms with Gasteiger partial charge in [0.05, 0.1) is 6.61 Å². The van der Waals surface area contributed by atoms with E-state index in [1.807, 2.05) is 0 Å². The minimum atomic E-state index is -2.59. The Labute approximate surface area is 103 Å². The predicted octanol–water partition coefficient (Wildman–Crippen LogP) is 0.596. The Balaban J connectivity index is 4.15. The van der Waals surface area contributed by atoms with Crippen molar-refractivity contribution in [1.29, 1.82) is 0 Å². The van der Waals surface area contributed by atoms with Crippen molar-refractivity contribution < 1.29 is 18.1 Å². The maximum atomic E-state index is 10.5. The zero-order valence-corrected chi connectivity index (χ0v) is 11.5. The molecule has 0 atom stereocenters. The number of carbonyl (C=O) groups excluding carboxylic acids is 1. The van der Waals surface area contributed by atoms with E-state index in [0.29, 0.717) is 6.04 Å². The minimum Gasteiger partial charge on any atom is -0.377 e. The third kappa shape index (κ3) is 6.29. The van der Waals surface area contributed by atoms with Gasteiger partial charge in [0, 0.05) is 26.3 Å². The molecule has 0 bridgehead atoms. The fourth-order valence-electron chi connectivity index (χ4n) is 1.11. The molecule has 0 heterocycles. The van der Waals surface area contributed by atoms with E-state index in [1.165, 1.54) is 6.08 Å². The van der Waals surface area contributed by atoms with Crippen LogP contribution in [0, 0.1) is 0 Å². The largest absolute Gasteiger partial charge is 0.500 e. The summed E-state index contributed by atoms with van der Waals surface area (Å²) in [6.45, 7) is 0.253. The lowest BCUT2D eigenvalue weighted by Gasteiger charge is -2.25. The highest BCUT2D eigenvalue weighted by molar-refractivity contribution is 7.80. The average Bonchev–Trinajstić information content (AvgIpc) is 2.29. The number of thiol groups is 1. The minimum absolute atomic E-state index is 0.253. The van der Waals surface area contributed by atoms with Gasteiger partial charge in [-0.05, 0) is 12.2 Å². The molecule has 0 aromatic carbocycles. The van der Waals surface area contributed by atoms with Crippen LogP contribution in [0.5, 0.6) is 0 Å². The number of carbonyl (C=O) groups is 1. The van der Waals surface area contributed by atoms with Gasteiger partial charge < -0.3 is 19.0 Å². The van der Waals surface area contributed by atoms with E-state index < -0.39 is 14.7 Å². The molecule has 0 aromatic heterocycles. The summed E-state index contributed by atoms with van der Waals surface area (Å²) in [4.78, 5) is 10.5. The van der Waals surface area contributed by atoms with E-state index in [9.17, 15) is 4.79 Å². The van der Waals surface area contributed by atoms with Gasteiger partial charge in [0.25, 0.3) is 0 Å². The Morgan fingerprint density at radius 3 is 2.50 bits per heavy atom. The molecule has 1 amide bonds. The Morgan fingerprint density at radius 1 is 1.44 bits per heavy atom. The van der Waals surface area contributed by atoms with Crippen molar-refractivity contribution in [3.8, 4) is 0 Å². The molecule has 0 aromatic rings. The molecule has 16 heavy (non-hydrogen) atoms. The molecule has 0 fully saturated rings. The second-order valence-corrected chi connectivity index (χ2v) is 6.45. The van der Waals surface area contributed by atoms with Crippen LogP contribution in [0.3, 0.4) is 0 Å². The third-order valence-corrected chi connectivity index (χ3v) is 5.08. The summed E-state index contributed by atoms with van der Waals surface area (Å²) in [6, 6.07) is 0.702. The van der Waals surface area contributed by atoms with Crippen LogP contribution in [-0.2, 0) is 18.1 Å². The smallest absolute Gasteiger partial charge is 0.377 e. The van der Waals surface area contributed by atoms with E-state index in [0.717, 1.165) is 12.2 Å². The molecule has 0 saturated carbocycles. The molecular weight excluding hydrogens is 246 g/mol. The summed E-state index contributed by atoms with van der Waals surface area (Å²) in [5.41, 5.74) is 4.94. The van der Waals surface area contributed by atoms with Gasteiger partial charge in [-0.15, -0.1) is 0 Å². The average molecular weight is 265 g/mol. The topological polar surface area (TPSA) is 70.8 Å². The zero-order chi connectivity index (χ0) is 12.4. The van der Waals surface area contributed by atoms with E-state index >= 15 is 0 Å². The van der Waals surface area contributed by atoms with Gasteiger partial charge in [-0.2, -0.15) is 12.6 Å². The Bertz CT molecular complexity index is 234. The van der Waals surface area contributed by atoms with Crippen molar-refractivity contribution in [1.82, 2.24) is 0 Å². The summed E-state index contributed by atoms with van der Waals surface area (Å²) in [5.74, 6) is 0.253. The predicted molar refractivity (Wildman–Crippen MR) is 67.3 cm³/mol. The molecule has 0 aliphatic carbocycles. The Kier molecular flexibility index (Phi) is 8.58. The van der Waals surface area contributed by atoms with Crippen LogP contribution in [0.25, 0.3) is 0 Å². The van der Waals surface area contributed by atoms with Crippen LogP contribution in [-0.4, -0.2) is 41.3 Å². The summed E-state index contributed by atoms with van der Waals surface area (Å²) in [5, 5.41) is 0. The van der Waals surface area contributed by atoms with Crippen molar-refractivity contribution in [2.75, 3.05) is 26.6 Å². The second-order valence-electron chi connectivity index (χ2n) is 3.03. The number of rotatable bonds is 9. The monoisotopic (exact) mass is 265 g/mol. The first kappa shape index (κ1) is 15.7. The molecule has 7 heteroatoms. The fourth-order valence-corrected chi connectivity index (χ4v) is 3.48. The Morgan fingerprint density at radius 2 is 2.06 bits per heavy atom. The van der Waals surface area contributed by atoms with E-state index in [2.05, 4.69) is 12.6 Å². The van der Waals surface area contributed by atoms with Crippen molar-refractivity contribution in [2.24, 2.45) is 5.73 Å². The van der Waals surface area contributed by atoms with Gasteiger partial charge >= 0.3 is 8.80 Å². The molecule has 0 radical (unpaired) electrons. The van der Waals surface area contributed by atoms with Crippen LogP contribution in [0.1, 0.15) is 6.42 Å². The van der Waals surface area contributed by atoms with Gasteiger partial charge in [-0.25, -0.2) is 0 Å². The highest BCUT2D eigenvalue weighted by Gasteiger charge is 2.37. The van der Waals surface area contributed by atoms with Gasteiger partial charge in [0.1, 0.15) is 0 Å². The highest BCUT2D eigenvalue weighted by atomic mass is 32.1. The highest BCUT2D eigenvalue weighted by Crippen LogP contribution is 2.16. The SMILES string of the molecule is CO[Si](CCCS)(OC)OC/C=C/C(N)=O. The third-order valence-electron chi connectivity index (χ3n) is 1.94. The normalized spacial score (nSPS) is 12.2. The molecule has 0 rings (SSSR count). The molecule has 94 valence electrons. The lowest BCUT2D eigenvalue weighted by molar-refractivity contribution is -0.113. The zero-order valence-electron chi connectivity index (χ0n) is 9.64. The number of nitrogens with two attached hydrogens (primary N) is 1. The van der Waals surface area contributed by atoms with Crippen molar-refractivity contribution in [3.05, 3.63) is 12.2 Å². The number of amides is 1. The number of primary amides is 1. The molecule has 0 aliphatic heterocycles. The Hall–Kier alpha value is -0.343. The van der Waals surface area contributed by atoms with Crippen LogP contribution in [0.4, 0.5) is 0 Å². The lowest BCUT2D eigenvalue weighted by atomic mass is 10.5. The van der Waals surface area contributed by atoms with Gasteiger partial charge in [0.2, 0.25) is 5.91 Å². The molecule has 0 aliphatic rings. The summed E-state index contributed by atoms with van der Waals surface area (Å²) >= 11 is 4.13. The summed E-state index contributed by atoms with van der Waals surface area (Å²) in [6.07, 6.45) is 3.66. The standard InChI is InChI=1S/C9H19NO4SSi/c1-12-16(13-2,8-4-7-15)14-6-3-5-9(10)11/h3,5,15H,4,6-8H2,1-2H3,(H2,10,11)/b5-3+. The first-order chi connectivity index (χ1) is 7.60. The second kappa shape index (κ2) is 8.77. The van der Waals surface area contributed by atoms with Gasteiger partial charge in [0.15, 0.2) is 0 Å². The lowest BCUT2D eigenvalue weighted by Crippen LogP contribution is -2.43. The summed E-state index contributed by atoms with van der Waals surface area (Å²) in [7, 11) is 0.534. The van der Waals surface area contributed by atoms with Crippen molar-refractivity contribution >= 4 is 27.3 Å². The van der Waals surface area contributed by atoms with Crippen LogP contribution in [0.15, 0.2) is 12.2 Å². The molecule has 0 unspecified atom stereocenters. The summed E-state index contributed by atoms with van der Waals surface area (Å²) < 4.78 is 16.2. The van der Waals surface area contributed by atoms with Crippen LogP contribution < -0.4 is 5.73 Å². The molecular formula is C9H19NO4SSi. The number of hydrogen-bond donors (Lipinski definition) is 2. The van der Waals surface area contributed by atoms with Crippen molar-refractivity contribution in [3.63, 3.8) is 0 Å². The van der Waals surface area contributed by atoms with E-state index in [-0.39, 0.29) is 6.61 Å². The van der Waals surface area contributed by atoms with E-state index in [1.54, 1.807) is 20.3 Å². The van der Waals surface area contributed by atoms with Crippen LogP contribution in [0.2, 0.25) is 6.04 Å². The molecule has 0 saturated heterocycles. The first-order valence-corrected chi connectivity index (χ1v) is 7.47. The van der Waals surface area contributed by atoms with Crippen LogP contribution >= 0.6 is 12.6 Å². The maximum absolute atomic E-state index is 10.5. The molecule has 0 spiro atoms. The van der Waals surface area contributed by atoms with Gasteiger partial charge in [-0.3, -0.25) is 4.79 Å². The van der Waals surface area contributed by atoms with Gasteiger partial charge in [-0.1, -0.05) is 6.08 Å². The van der Waals surface area contributed by atoms with E-state index in [4.69, 9.17) is 19.0 Å². The molecule has 5 nitrogen and oxygen atoms in total. The first-order valence-electron chi connectivity index (χ1n) is 4.91. The molecule has 2 N–H and O–H groups in total. The fraction of sp³-hybridized carbons (Fsp3) is 0.667. The van der Waals surface area contributed by atoms with Crippen molar-refractivity contribution in [2.45, 2.75) is 12.5 Å². The maximum Gasteiger partial charge on any atom is 0.500 e. The quantitative estimate of drug-likeness (QED) is 0.364.